The molecule has 1 unspecified atom stereocenters. The molecule has 0 aromatic heterocycles. The number of likely N-dealkylation sites (tertiary alicyclic amines) is 1. The summed E-state index contributed by atoms with van der Waals surface area (Å²) >= 11 is 6.37. The smallest absolute Gasteiger partial charge is 0.255 e. The third-order valence-electron chi connectivity index (χ3n) is 6.13. The number of hydrogen-bond donors (Lipinski definition) is 2. The van der Waals surface area contributed by atoms with Crippen LogP contribution in [0.4, 0.5) is 0 Å². The van der Waals surface area contributed by atoms with E-state index in [0.717, 1.165) is 39.0 Å². The van der Waals surface area contributed by atoms with Crippen molar-refractivity contribution < 1.29 is 23.7 Å². The Bertz CT molecular complexity index is 764. The monoisotopic (exact) mass is 469 g/mol. The number of fused-ring (bicyclic) bond motifs is 1. The average Bonchev–Trinajstić information content (AvgIpc) is 3.06. The lowest BCUT2D eigenvalue weighted by Crippen LogP contribution is -2.48. The lowest BCUT2D eigenvalue weighted by Gasteiger charge is -2.38. The molecule has 2 aliphatic heterocycles. The molecule has 1 amide bonds. The standard InChI is InChI=1S/C23H36ClN3O5/c1-25-8-4-5-9-27-10-7-16(19(15-27)29-2)14-26-23(28)17-13-18(24)21(30-3)22-20(17)31-11-6-12-32-22/h13,16,19,25H,4-12,14-15H2,1-3H3,(H,26,28)/t16-,19?/m0/s1. The van der Waals surface area contributed by atoms with Crippen LogP contribution in [-0.4, -0.2) is 84.1 Å². The van der Waals surface area contributed by atoms with E-state index in [1.54, 1.807) is 13.2 Å². The molecule has 2 N–H and O–H groups in total. The van der Waals surface area contributed by atoms with E-state index in [1.807, 2.05) is 7.05 Å². The van der Waals surface area contributed by atoms with Crippen molar-refractivity contribution in [2.75, 3.05) is 67.2 Å². The maximum absolute atomic E-state index is 13.1. The zero-order valence-electron chi connectivity index (χ0n) is 19.4. The van der Waals surface area contributed by atoms with Crippen molar-refractivity contribution in [1.29, 1.82) is 0 Å². The van der Waals surface area contributed by atoms with Crippen LogP contribution in [0.3, 0.4) is 0 Å². The SMILES string of the molecule is CNCCCCN1CC[C@@H](CNC(=O)c2cc(Cl)c(OC)c3c2OCCCO3)C(OC)C1. The highest BCUT2D eigenvalue weighted by molar-refractivity contribution is 6.33. The predicted molar refractivity (Wildman–Crippen MR) is 124 cm³/mol. The first-order chi connectivity index (χ1) is 15.6. The van der Waals surface area contributed by atoms with E-state index in [2.05, 4.69) is 15.5 Å². The van der Waals surface area contributed by atoms with Gasteiger partial charge in [-0.2, -0.15) is 0 Å². The van der Waals surface area contributed by atoms with Crippen molar-refractivity contribution in [2.45, 2.75) is 31.8 Å². The molecular formula is C23H36ClN3O5. The number of halogens is 1. The van der Waals surface area contributed by atoms with Crippen LogP contribution in [0.5, 0.6) is 17.2 Å². The van der Waals surface area contributed by atoms with E-state index < -0.39 is 0 Å². The number of piperidine rings is 1. The van der Waals surface area contributed by atoms with Crippen molar-refractivity contribution in [3.63, 3.8) is 0 Å². The molecule has 9 heteroatoms. The van der Waals surface area contributed by atoms with Crippen LogP contribution in [0.2, 0.25) is 5.02 Å². The number of unbranched alkanes of at least 4 members (excludes halogenated alkanes) is 1. The molecule has 0 radical (unpaired) electrons. The minimum absolute atomic E-state index is 0.0875. The Morgan fingerprint density at radius 1 is 1.25 bits per heavy atom. The van der Waals surface area contributed by atoms with Crippen molar-refractivity contribution in [2.24, 2.45) is 5.92 Å². The summed E-state index contributed by atoms with van der Waals surface area (Å²) in [6.45, 7) is 5.51. The second-order valence-electron chi connectivity index (χ2n) is 8.29. The Kier molecular flexibility index (Phi) is 9.71. The third-order valence-corrected chi connectivity index (χ3v) is 6.41. The van der Waals surface area contributed by atoms with Crippen LogP contribution in [0.25, 0.3) is 0 Å². The number of carbonyl (C=O) groups excluding carboxylic acids is 1. The van der Waals surface area contributed by atoms with Gasteiger partial charge in [0.15, 0.2) is 11.5 Å². The lowest BCUT2D eigenvalue weighted by atomic mass is 9.93. The van der Waals surface area contributed by atoms with Crippen LogP contribution in [0.1, 0.15) is 36.0 Å². The number of nitrogens with one attached hydrogen (secondary N) is 2. The minimum atomic E-state index is -0.236. The van der Waals surface area contributed by atoms with Gasteiger partial charge in [0.2, 0.25) is 5.75 Å². The van der Waals surface area contributed by atoms with Gasteiger partial charge in [-0.25, -0.2) is 0 Å². The van der Waals surface area contributed by atoms with Crippen LogP contribution < -0.4 is 24.8 Å². The number of ether oxygens (including phenoxy) is 4. The van der Waals surface area contributed by atoms with Crippen LogP contribution in [0, 0.1) is 5.92 Å². The Morgan fingerprint density at radius 2 is 2.03 bits per heavy atom. The third kappa shape index (κ3) is 6.19. The summed E-state index contributed by atoms with van der Waals surface area (Å²) < 4.78 is 22.8. The molecule has 1 saturated heterocycles. The topological polar surface area (TPSA) is 81.3 Å². The molecule has 1 aromatic carbocycles. The van der Waals surface area contributed by atoms with Gasteiger partial charge in [0.05, 0.1) is 37.0 Å². The molecule has 8 nitrogen and oxygen atoms in total. The zero-order valence-corrected chi connectivity index (χ0v) is 20.1. The normalized spacial score (nSPS) is 21.1. The summed E-state index contributed by atoms with van der Waals surface area (Å²) in [6.07, 6.45) is 4.13. The van der Waals surface area contributed by atoms with Crippen molar-refractivity contribution in [3.05, 3.63) is 16.7 Å². The highest BCUT2D eigenvalue weighted by atomic mass is 35.5. The van der Waals surface area contributed by atoms with E-state index in [9.17, 15) is 4.79 Å². The Hall–Kier alpha value is -1.74. The largest absolute Gasteiger partial charge is 0.491 e. The quantitative estimate of drug-likeness (QED) is 0.510. The van der Waals surface area contributed by atoms with Gasteiger partial charge in [-0.05, 0) is 52.0 Å². The van der Waals surface area contributed by atoms with Gasteiger partial charge in [-0.3, -0.25) is 4.79 Å². The van der Waals surface area contributed by atoms with Gasteiger partial charge in [0.25, 0.3) is 5.91 Å². The first-order valence-electron chi connectivity index (χ1n) is 11.4. The molecule has 2 heterocycles. The van der Waals surface area contributed by atoms with E-state index in [0.29, 0.717) is 47.6 Å². The second kappa shape index (κ2) is 12.5. The number of nitrogens with zero attached hydrogens (tertiary/aromatic N) is 1. The summed E-state index contributed by atoms with van der Waals surface area (Å²) in [5, 5.41) is 6.57. The van der Waals surface area contributed by atoms with Gasteiger partial charge in [-0.15, -0.1) is 0 Å². The number of rotatable bonds is 10. The number of amides is 1. The van der Waals surface area contributed by atoms with E-state index in [1.165, 1.54) is 20.0 Å². The molecule has 0 spiro atoms. The second-order valence-corrected chi connectivity index (χ2v) is 8.70. The van der Waals surface area contributed by atoms with Crippen LogP contribution >= 0.6 is 11.6 Å². The molecular weight excluding hydrogens is 434 g/mol. The first kappa shape index (κ1) is 24.9. The molecule has 32 heavy (non-hydrogen) atoms. The van der Waals surface area contributed by atoms with Crippen LogP contribution in [-0.2, 0) is 4.74 Å². The molecule has 0 aliphatic carbocycles. The summed E-state index contributed by atoms with van der Waals surface area (Å²) in [5.41, 5.74) is 0.364. The Morgan fingerprint density at radius 3 is 2.75 bits per heavy atom. The lowest BCUT2D eigenvalue weighted by molar-refractivity contribution is -0.0107. The molecule has 2 atom stereocenters. The maximum atomic E-state index is 13.1. The van der Waals surface area contributed by atoms with Crippen molar-refractivity contribution in [3.8, 4) is 17.2 Å². The number of methoxy groups -OCH3 is 2. The summed E-state index contributed by atoms with van der Waals surface area (Å²) in [6, 6.07) is 1.59. The summed E-state index contributed by atoms with van der Waals surface area (Å²) in [5.74, 6) is 1.19. The number of hydrogen-bond acceptors (Lipinski definition) is 7. The average molecular weight is 470 g/mol. The fourth-order valence-corrected chi connectivity index (χ4v) is 4.59. The molecule has 1 aromatic rings. The van der Waals surface area contributed by atoms with Gasteiger partial charge in [-0.1, -0.05) is 11.6 Å². The predicted octanol–water partition coefficient (Wildman–Crippen LogP) is 2.58. The molecule has 0 bridgehead atoms. The van der Waals surface area contributed by atoms with E-state index in [-0.39, 0.29) is 17.9 Å². The summed E-state index contributed by atoms with van der Waals surface area (Å²) in [7, 11) is 5.25. The highest BCUT2D eigenvalue weighted by Gasteiger charge is 2.31. The molecule has 2 aliphatic rings. The highest BCUT2D eigenvalue weighted by Crippen LogP contribution is 2.46. The van der Waals surface area contributed by atoms with Gasteiger partial charge >= 0.3 is 0 Å². The van der Waals surface area contributed by atoms with Crippen molar-refractivity contribution in [1.82, 2.24) is 15.5 Å². The van der Waals surface area contributed by atoms with Crippen LogP contribution in [0.15, 0.2) is 6.07 Å². The van der Waals surface area contributed by atoms with Gasteiger partial charge < -0.3 is 34.5 Å². The number of benzene rings is 1. The minimum Gasteiger partial charge on any atom is -0.491 e. The fourth-order valence-electron chi connectivity index (χ4n) is 4.32. The molecule has 3 rings (SSSR count). The van der Waals surface area contributed by atoms with Crippen molar-refractivity contribution >= 4 is 17.5 Å². The van der Waals surface area contributed by atoms with E-state index in [4.69, 9.17) is 30.5 Å². The van der Waals surface area contributed by atoms with E-state index >= 15 is 0 Å². The molecule has 1 fully saturated rings. The zero-order chi connectivity index (χ0) is 22.9. The van der Waals surface area contributed by atoms with Gasteiger partial charge in [0.1, 0.15) is 0 Å². The molecule has 180 valence electrons. The fraction of sp³-hybridized carbons (Fsp3) is 0.696. The van der Waals surface area contributed by atoms with Gasteiger partial charge in [0, 0.05) is 32.5 Å². The Balaban J connectivity index is 1.61. The summed E-state index contributed by atoms with van der Waals surface area (Å²) in [4.78, 5) is 15.5. The first-order valence-corrected chi connectivity index (χ1v) is 11.8. The molecule has 0 saturated carbocycles. The maximum Gasteiger partial charge on any atom is 0.255 e. The number of carbonyl (C=O) groups is 1. The Labute approximate surface area is 195 Å².